The molecule has 0 radical (unpaired) electrons. The molecule has 0 spiro atoms. The van der Waals surface area contributed by atoms with Crippen molar-refractivity contribution >= 4 is 39.5 Å². The maximum atomic E-state index is 13.1. The highest BCUT2D eigenvalue weighted by molar-refractivity contribution is 7.47. The Balaban J connectivity index is 5.16. The summed E-state index contributed by atoms with van der Waals surface area (Å²) in [5, 5.41) is 10.6. The molecule has 3 N–H and O–H groups in total. The van der Waals surface area contributed by atoms with E-state index in [1.54, 1.807) is 0 Å². The molecule has 0 aliphatic heterocycles. The summed E-state index contributed by atoms with van der Waals surface area (Å²) in [6.45, 7) is 9.54. The van der Waals surface area contributed by atoms with Crippen LogP contribution >= 0.6 is 15.6 Å². The molecule has 0 aromatic heterocycles. The molecule has 0 saturated carbocycles. The molecule has 0 saturated heterocycles. The quantitative estimate of drug-likeness (QED) is 0.0222. The highest BCUT2D eigenvalue weighted by Crippen LogP contribution is 2.45. The third-order valence-corrected chi connectivity index (χ3v) is 20.4. The summed E-state index contributed by atoms with van der Waals surface area (Å²) in [6.07, 6.45) is 60.1. The van der Waals surface area contributed by atoms with Gasteiger partial charge in [0.15, 0.2) is 12.2 Å². The molecular weight excluding hydrogens is 1280 g/mol. The third kappa shape index (κ3) is 72.4. The van der Waals surface area contributed by atoms with E-state index in [0.717, 1.165) is 102 Å². The fraction of sp³-hybridized carbons (Fsp3) is 0.949. The van der Waals surface area contributed by atoms with Gasteiger partial charge >= 0.3 is 39.5 Å². The Morgan fingerprint density at radius 2 is 0.469 bits per heavy atom. The molecule has 2 unspecified atom stereocenters. The first kappa shape index (κ1) is 96.1. The molecule has 0 aliphatic carbocycles. The van der Waals surface area contributed by atoms with Crippen LogP contribution in [0.5, 0.6) is 0 Å². The second-order valence-corrected chi connectivity index (χ2v) is 32.3. The van der Waals surface area contributed by atoms with E-state index in [9.17, 15) is 43.2 Å². The molecule has 0 aliphatic rings. The molecule has 582 valence electrons. The fourth-order valence-corrected chi connectivity index (χ4v) is 13.8. The van der Waals surface area contributed by atoms with Gasteiger partial charge in [0, 0.05) is 25.7 Å². The van der Waals surface area contributed by atoms with Crippen LogP contribution in [0.2, 0.25) is 0 Å². The van der Waals surface area contributed by atoms with E-state index in [1.165, 1.54) is 225 Å². The van der Waals surface area contributed by atoms with Gasteiger partial charge in [-0.3, -0.25) is 37.3 Å². The molecule has 0 aromatic carbocycles. The van der Waals surface area contributed by atoms with E-state index in [0.29, 0.717) is 31.6 Å². The molecule has 0 heterocycles. The fourth-order valence-electron chi connectivity index (χ4n) is 12.2. The minimum absolute atomic E-state index is 0.104. The van der Waals surface area contributed by atoms with Crippen LogP contribution in [0.1, 0.15) is 414 Å². The van der Waals surface area contributed by atoms with Gasteiger partial charge in [-0.2, -0.15) is 0 Å². The molecule has 0 amide bonds. The molecule has 0 aromatic rings. The molecule has 0 bridgehead atoms. The van der Waals surface area contributed by atoms with Crippen LogP contribution in [-0.4, -0.2) is 96.7 Å². The van der Waals surface area contributed by atoms with Gasteiger partial charge in [-0.05, 0) is 37.5 Å². The molecule has 17 nitrogen and oxygen atoms in total. The summed E-state index contributed by atoms with van der Waals surface area (Å²) >= 11 is 0. The highest BCUT2D eigenvalue weighted by Gasteiger charge is 2.30. The van der Waals surface area contributed by atoms with Crippen molar-refractivity contribution in [2.24, 2.45) is 11.8 Å². The number of aliphatic hydroxyl groups is 1. The number of carbonyl (C=O) groups is 4. The first-order chi connectivity index (χ1) is 47.4. The van der Waals surface area contributed by atoms with E-state index in [4.69, 9.17) is 37.0 Å². The van der Waals surface area contributed by atoms with Crippen molar-refractivity contribution in [3.63, 3.8) is 0 Å². The standard InChI is InChI=1S/C79H154O17P2/c1-7-9-11-13-15-17-18-19-20-21-22-23-24-25-26-29-33-36-39-45-51-57-63-78(83)95-74(68-90-77(82)62-56-50-44-38-35-32-30-27-28-31-34-37-41-47-53-59-71(3)4)69-93-97(85,86)91-65-73(80)66-92-98(87,88)94-70-75(67-89-76(81)61-55-49-43-16-14-12-10-8-2)96-79(84)64-58-52-46-40-42-48-54-60-72(5)6/h71-75,80H,7-70H2,1-6H3,(H,85,86)(H,87,88)/t73-,74-,75-/m1/s1. The van der Waals surface area contributed by atoms with Crippen LogP contribution in [0, 0.1) is 11.8 Å². The van der Waals surface area contributed by atoms with Crippen LogP contribution in [-0.2, 0) is 65.4 Å². The van der Waals surface area contributed by atoms with Crippen molar-refractivity contribution in [3.8, 4) is 0 Å². The maximum Gasteiger partial charge on any atom is 0.472 e. The monoisotopic (exact) mass is 1440 g/mol. The van der Waals surface area contributed by atoms with Crippen molar-refractivity contribution in [3.05, 3.63) is 0 Å². The lowest BCUT2D eigenvalue weighted by Gasteiger charge is -2.21. The SMILES string of the molecule is CCCCCCCCCCCCCCCCCCCCCCCCC(=O)O[C@H](COC(=O)CCCCCCCCCCCCCCCCCC(C)C)COP(=O)(O)OC[C@@H](O)COP(=O)(O)OC[C@@H](COC(=O)CCCCCCCCCC)OC(=O)CCCCCCCCCC(C)C. The zero-order valence-corrected chi connectivity index (χ0v) is 65.9. The predicted molar refractivity (Wildman–Crippen MR) is 400 cm³/mol. The van der Waals surface area contributed by atoms with E-state index >= 15 is 0 Å². The minimum atomic E-state index is -4.96. The van der Waals surface area contributed by atoms with Gasteiger partial charge < -0.3 is 33.8 Å². The molecular formula is C79H154O17P2. The summed E-state index contributed by atoms with van der Waals surface area (Å²) < 4.78 is 68.5. The van der Waals surface area contributed by atoms with Gasteiger partial charge in [0.05, 0.1) is 26.4 Å². The van der Waals surface area contributed by atoms with Crippen LogP contribution < -0.4 is 0 Å². The number of carbonyl (C=O) groups excluding carboxylic acids is 4. The number of phosphoric acid groups is 2. The number of hydrogen-bond acceptors (Lipinski definition) is 15. The van der Waals surface area contributed by atoms with Gasteiger partial charge in [0.25, 0.3) is 0 Å². The van der Waals surface area contributed by atoms with Gasteiger partial charge in [-0.25, -0.2) is 9.13 Å². The zero-order valence-electron chi connectivity index (χ0n) is 64.1. The summed E-state index contributed by atoms with van der Waals surface area (Å²) in [6, 6.07) is 0. The van der Waals surface area contributed by atoms with E-state index in [-0.39, 0.29) is 25.7 Å². The highest BCUT2D eigenvalue weighted by atomic mass is 31.2. The Hall–Kier alpha value is -1.94. The van der Waals surface area contributed by atoms with Crippen LogP contribution in [0.25, 0.3) is 0 Å². The Kier molecular flexibility index (Phi) is 69.3. The molecule has 0 fully saturated rings. The topological polar surface area (TPSA) is 237 Å². The number of ether oxygens (including phenoxy) is 4. The van der Waals surface area contributed by atoms with Crippen molar-refractivity contribution in [1.82, 2.24) is 0 Å². The van der Waals surface area contributed by atoms with Gasteiger partial charge in [-0.1, -0.05) is 363 Å². The average molecular weight is 1440 g/mol. The number of aliphatic hydroxyl groups excluding tert-OH is 1. The number of esters is 4. The number of unbranched alkanes of at least 4 members (excludes halogenated alkanes) is 48. The van der Waals surface area contributed by atoms with Crippen molar-refractivity contribution in [2.45, 2.75) is 432 Å². The molecule has 98 heavy (non-hydrogen) atoms. The summed E-state index contributed by atoms with van der Waals surface area (Å²) in [5.74, 6) is -0.616. The van der Waals surface area contributed by atoms with E-state index in [1.807, 2.05) is 0 Å². The lowest BCUT2D eigenvalue weighted by atomic mass is 10.0. The smallest absolute Gasteiger partial charge is 0.462 e. The second kappa shape index (κ2) is 70.7. The molecule has 19 heteroatoms. The maximum absolute atomic E-state index is 13.1. The normalized spacial score (nSPS) is 13.9. The lowest BCUT2D eigenvalue weighted by Crippen LogP contribution is -2.30. The van der Waals surface area contributed by atoms with Crippen LogP contribution in [0.15, 0.2) is 0 Å². The van der Waals surface area contributed by atoms with Crippen molar-refractivity contribution in [1.29, 1.82) is 0 Å². The summed E-state index contributed by atoms with van der Waals surface area (Å²) in [4.78, 5) is 72.7. The predicted octanol–water partition coefficient (Wildman–Crippen LogP) is 23.5. The molecule has 5 atom stereocenters. The number of rotatable bonds is 78. The Morgan fingerprint density at radius 3 is 0.694 bits per heavy atom. The third-order valence-electron chi connectivity index (χ3n) is 18.5. The first-order valence-corrected chi connectivity index (χ1v) is 44.0. The number of phosphoric ester groups is 2. The summed E-state index contributed by atoms with van der Waals surface area (Å²) in [7, 11) is -9.91. The first-order valence-electron chi connectivity index (χ1n) is 41.0. The molecule has 0 rings (SSSR count). The van der Waals surface area contributed by atoms with Gasteiger partial charge in [0.1, 0.15) is 19.3 Å². The van der Waals surface area contributed by atoms with Crippen LogP contribution in [0.3, 0.4) is 0 Å². The second-order valence-electron chi connectivity index (χ2n) is 29.4. The Labute approximate surface area is 600 Å². The zero-order chi connectivity index (χ0) is 72.1. The van der Waals surface area contributed by atoms with E-state index < -0.39 is 97.5 Å². The number of hydrogen-bond donors (Lipinski definition) is 3. The lowest BCUT2D eigenvalue weighted by molar-refractivity contribution is -0.161. The Bertz CT molecular complexity index is 1890. The Morgan fingerprint density at radius 1 is 0.276 bits per heavy atom. The largest absolute Gasteiger partial charge is 0.472 e. The van der Waals surface area contributed by atoms with Gasteiger partial charge in [0.2, 0.25) is 0 Å². The average Bonchev–Trinajstić information content (AvgIpc) is 1.03. The minimum Gasteiger partial charge on any atom is -0.462 e. The summed E-state index contributed by atoms with van der Waals surface area (Å²) in [5.41, 5.74) is 0. The van der Waals surface area contributed by atoms with Gasteiger partial charge in [-0.15, -0.1) is 0 Å². The van der Waals surface area contributed by atoms with Crippen LogP contribution in [0.4, 0.5) is 0 Å². The van der Waals surface area contributed by atoms with Crippen molar-refractivity contribution in [2.75, 3.05) is 39.6 Å². The van der Waals surface area contributed by atoms with Crippen molar-refractivity contribution < 1.29 is 80.2 Å². The van der Waals surface area contributed by atoms with E-state index in [2.05, 4.69) is 41.5 Å².